The van der Waals surface area contributed by atoms with Gasteiger partial charge in [0.05, 0.1) is 12.2 Å². The Morgan fingerprint density at radius 2 is 2.06 bits per heavy atom. The van der Waals surface area contributed by atoms with Crippen molar-refractivity contribution in [3.63, 3.8) is 0 Å². The summed E-state index contributed by atoms with van der Waals surface area (Å²) in [4.78, 5) is 0. The summed E-state index contributed by atoms with van der Waals surface area (Å²) in [6.07, 6.45) is 5.46. The van der Waals surface area contributed by atoms with E-state index in [2.05, 4.69) is 28.9 Å². The predicted octanol–water partition coefficient (Wildman–Crippen LogP) is 5.37. The molecular weight excluding hydrogens is 312 g/mol. The van der Waals surface area contributed by atoms with Crippen LogP contribution in [0.5, 0.6) is 0 Å². The first kappa shape index (κ1) is 14.4. The molecule has 1 saturated carbocycles. The van der Waals surface area contributed by atoms with Crippen LogP contribution in [0, 0.1) is 5.92 Å². The van der Waals surface area contributed by atoms with E-state index in [4.69, 9.17) is 16.3 Å². The van der Waals surface area contributed by atoms with Crippen molar-refractivity contribution in [3.8, 4) is 0 Å². The van der Waals surface area contributed by atoms with Gasteiger partial charge >= 0.3 is 0 Å². The van der Waals surface area contributed by atoms with Crippen LogP contribution in [0.3, 0.4) is 0 Å². The third-order valence-corrected chi connectivity index (χ3v) is 4.50. The van der Waals surface area contributed by atoms with Crippen LogP contribution >= 0.6 is 27.5 Å². The maximum atomic E-state index is 6.22. The average Bonchev–Trinajstić information content (AvgIpc) is 2.38. The van der Waals surface area contributed by atoms with E-state index in [0.717, 1.165) is 21.8 Å². The first-order valence-corrected chi connectivity index (χ1v) is 8.16. The minimum Gasteiger partial charge on any atom is -0.369 e. The van der Waals surface area contributed by atoms with Crippen molar-refractivity contribution in [3.05, 3.63) is 34.9 Å². The highest BCUT2D eigenvalue weighted by atomic mass is 79.9. The van der Waals surface area contributed by atoms with Crippen molar-refractivity contribution in [2.45, 2.75) is 44.8 Å². The molecule has 100 valence electrons. The zero-order chi connectivity index (χ0) is 13.0. The molecule has 1 nitrogen and oxygen atoms in total. The summed E-state index contributed by atoms with van der Waals surface area (Å²) in [5.41, 5.74) is 1.16. The molecule has 18 heavy (non-hydrogen) atoms. The van der Waals surface area contributed by atoms with Crippen LogP contribution in [0.2, 0.25) is 5.02 Å². The molecule has 0 radical (unpaired) electrons. The Morgan fingerprint density at radius 1 is 1.33 bits per heavy atom. The lowest BCUT2D eigenvalue weighted by atomic mass is 9.89. The van der Waals surface area contributed by atoms with E-state index < -0.39 is 0 Å². The molecule has 1 unspecified atom stereocenters. The van der Waals surface area contributed by atoms with Crippen molar-refractivity contribution >= 4 is 27.5 Å². The van der Waals surface area contributed by atoms with Crippen LogP contribution in [0.15, 0.2) is 24.3 Å². The standard InChI is InChI=1S/C15H20BrClO/c1-11-5-7-14(8-6-11)18-15(10-16)12-3-2-4-13(17)9-12/h2-4,9,11,14-15H,5-8,10H2,1H3. The molecule has 0 aromatic heterocycles. The fourth-order valence-electron chi connectivity index (χ4n) is 2.51. The van der Waals surface area contributed by atoms with Crippen LogP contribution in [0.4, 0.5) is 0 Å². The second-order valence-electron chi connectivity index (χ2n) is 5.22. The quantitative estimate of drug-likeness (QED) is 0.674. The summed E-state index contributed by atoms with van der Waals surface area (Å²) in [5.74, 6) is 0.860. The summed E-state index contributed by atoms with van der Waals surface area (Å²) >= 11 is 9.58. The van der Waals surface area contributed by atoms with Gasteiger partial charge in [-0.15, -0.1) is 0 Å². The number of hydrogen-bond donors (Lipinski definition) is 0. The molecule has 1 aliphatic carbocycles. The number of benzene rings is 1. The third kappa shape index (κ3) is 3.97. The van der Waals surface area contributed by atoms with E-state index in [9.17, 15) is 0 Å². The fraction of sp³-hybridized carbons (Fsp3) is 0.600. The Morgan fingerprint density at radius 3 is 2.67 bits per heavy atom. The van der Waals surface area contributed by atoms with Gasteiger partial charge in [-0.2, -0.15) is 0 Å². The zero-order valence-corrected chi connectivity index (χ0v) is 13.1. The SMILES string of the molecule is CC1CCC(OC(CBr)c2cccc(Cl)c2)CC1. The second-order valence-corrected chi connectivity index (χ2v) is 6.30. The molecule has 0 spiro atoms. The maximum Gasteiger partial charge on any atom is 0.0925 e. The maximum absolute atomic E-state index is 6.22. The first-order chi connectivity index (χ1) is 8.69. The Kier molecular flexibility index (Phi) is 5.53. The fourth-order valence-corrected chi connectivity index (χ4v) is 3.23. The van der Waals surface area contributed by atoms with Crippen LogP contribution in [-0.4, -0.2) is 11.4 Å². The summed E-state index contributed by atoms with van der Waals surface area (Å²) in [6, 6.07) is 7.97. The first-order valence-electron chi connectivity index (χ1n) is 6.66. The van der Waals surface area contributed by atoms with Crippen molar-refractivity contribution in [1.82, 2.24) is 0 Å². The Balaban J connectivity index is 1.97. The summed E-state index contributed by atoms with van der Waals surface area (Å²) < 4.78 is 6.22. The molecule has 0 amide bonds. The van der Waals surface area contributed by atoms with Crippen LogP contribution in [0.1, 0.15) is 44.3 Å². The van der Waals surface area contributed by atoms with Crippen molar-refractivity contribution < 1.29 is 4.74 Å². The second kappa shape index (κ2) is 6.93. The van der Waals surface area contributed by atoms with Crippen LogP contribution in [0.25, 0.3) is 0 Å². The molecule has 2 rings (SSSR count). The van der Waals surface area contributed by atoms with Crippen molar-refractivity contribution in [2.24, 2.45) is 5.92 Å². The largest absolute Gasteiger partial charge is 0.369 e. The van der Waals surface area contributed by atoms with Gasteiger partial charge in [-0.3, -0.25) is 0 Å². The lowest BCUT2D eigenvalue weighted by molar-refractivity contribution is -0.0255. The molecule has 1 fully saturated rings. The summed E-state index contributed by atoms with van der Waals surface area (Å²) in [6.45, 7) is 2.33. The van der Waals surface area contributed by atoms with Gasteiger partial charge < -0.3 is 4.74 Å². The van der Waals surface area contributed by atoms with E-state index in [-0.39, 0.29) is 6.10 Å². The number of rotatable bonds is 4. The smallest absolute Gasteiger partial charge is 0.0925 e. The molecule has 0 aliphatic heterocycles. The predicted molar refractivity (Wildman–Crippen MR) is 80.5 cm³/mol. The lowest BCUT2D eigenvalue weighted by Gasteiger charge is -2.29. The molecule has 0 saturated heterocycles. The number of halogens is 2. The molecule has 0 bridgehead atoms. The molecule has 1 atom stereocenters. The van der Waals surface area contributed by atoms with Gasteiger partial charge in [0.15, 0.2) is 0 Å². The van der Waals surface area contributed by atoms with Gasteiger partial charge in [-0.25, -0.2) is 0 Å². The van der Waals surface area contributed by atoms with Gasteiger partial charge in [-0.1, -0.05) is 46.6 Å². The summed E-state index contributed by atoms with van der Waals surface area (Å²) in [7, 11) is 0. The van der Waals surface area contributed by atoms with E-state index in [1.54, 1.807) is 0 Å². The zero-order valence-electron chi connectivity index (χ0n) is 10.7. The molecule has 1 aliphatic rings. The minimum atomic E-state index is 0.113. The molecule has 1 aromatic carbocycles. The van der Waals surface area contributed by atoms with Gasteiger partial charge in [0, 0.05) is 10.4 Å². The highest BCUT2D eigenvalue weighted by Gasteiger charge is 2.22. The van der Waals surface area contributed by atoms with Gasteiger partial charge in [0.25, 0.3) is 0 Å². The van der Waals surface area contributed by atoms with E-state index in [1.807, 2.05) is 18.2 Å². The average molecular weight is 332 g/mol. The van der Waals surface area contributed by atoms with E-state index >= 15 is 0 Å². The topological polar surface area (TPSA) is 9.23 Å². The van der Waals surface area contributed by atoms with E-state index in [1.165, 1.54) is 25.7 Å². The Bertz CT molecular complexity index is 375. The molecule has 1 aromatic rings. The highest BCUT2D eigenvalue weighted by Crippen LogP contribution is 2.31. The number of hydrogen-bond acceptors (Lipinski definition) is 1. The molecular formula is C15H20BrClO. The number of ether oxygens (including phenoxy) is 1. The molecule has 0 N–H and O–H groups in total. The minimum absolute atomic E-state index is 0.113. The molecule has 3 heteroatoms. The van der Waals surface area contributed by atoms with Crippen molar-refractivity contribution in [2.75, 3.05) is 5.33 Å². The van der Waals surface area contributed by atoms with Gasteiger partial charge in [-0.05, 0) is 49.3 Å². The van der Waals surface area contributed by atoms with Crippen LogP contribution < -0.4 is 0 Å². The Hall–Kier alpha value is -0.0500. The number of alkyl halides is 1. The van der Waals surface area contributed by atoms with Crippen molar-refractivity contribution in [1.29, 1.82) is 0 Å². The lowest BCUT2D eigenvalue weighted by Crippen LogP contribution is -2.23. The summed E-state index contributed by atoms with van der Waals surface area (Å²) in [5, 5.41) is 1.60. The van der Waals surface area contributed by atoms with Gasteiger partial charge in [0.1, 0.15) is 0 Å². The Labute approximate surface area is 123 Å². The van der Waals surface area contributed by atoms with E-state index in [0.29, 0.717) is 6.10 Å². The van der Waals surface area contributed by atoms with Gasteiger partial charge in [0.2, 0.25) is 0 Å². The van der Waals surface area contributed by atoms with Crippen LogP contribution in [-0.2, 0) is 4.74 Å². The monoisotopic (exact) mass is 330 g/mol. The normalized spacial score (nSPS) is 25.9. The molecule has 0 heterocycles. The highest BCUT2D eigenvalue weighted by molar-refractivity contribution is 9.09. The third-order valence-electron chi connectivity index (χ3n) is 3.68.